The molecule has 0 saturated carbocycles. The molecule has 0 aliphatic carbocycles. The van der Waals surface area contributed by atoms with Crippen LogP contribution in [0.4, 0.5) is 5.69 Å². The lowest BCUT2D eigenvalue weighted by atomic mass is 10.1. The predicted octanol–water partition coefficient (Wildman–Crippen LogP) is 2.70. The van der Waals surface area contributed by atoms with Crippen molar-refractivity contribution in [3.05, 3.63) is 87.6 Å². The van der Waals surface area contributed by atoms with Gasteiger partial charge in [0.2, 0.25) is 5.91 Å². The number of aryl methyl sites for hydroxylation is 2. The third kappa shape index (κ3) is 4.78. The van der Waals surface area contributed by atoms with Crippen LogP contribution in [0.15, 0.2) is 59.7 Å². The lowest BCUT2D eigenvalue weighted by Crippen LogP contribution is -2.30. The number of ether oxygens (including phenoxy) is 2. The predicted molar refractivity (Wildman–Crippen MR) is 135 cm³/mol. The lowest BCUT2D eigenvalue weighted by Gasteiger charge is -2.11. The van der Waals surface area contributed by atoms with Gasteiger partial charge in [0.1, 0.15) is 18.4 Å². The minimum Gasteiger partial charge on any atom is -0.493 e. The molecule has 0 aliphatic heterocycles. The van der Waals surface area contributed by atoms with E-state index in [2.05, 4.69) is 15.7 Å². The minimum absolute atomic E-state index is 0.283. The van der Waals surface area contributed by atoms with Crippen LogP contribution < -0.4 is 25.7 Å². The van der Waals surface area contributed by atoms with E-state index in [0.29, 0.717) is 46.1 Å². The second-order valence-corrected chi connectivity index (χ2v) is 8.18. The molecule has 0 bridgehead atoms. The van der Waals surface area contributed by atoms with Gasteiger partial charge >= 0.3 is 0 Å². The highest BCUT2D eigenvalue weighted by Gasteiger charge is 2.22. The van der Waals surface area contributed by atoms with E-state index in [9.17, 15) is 14.4 Å². The Morgan fingerprint density at radius 2 is 1.72 bits per heavy atom. The summed E-state index contributed by atoms with van der Waals surface area (Å²) in [5, 5.41) is 9.78. The summed E-state index contributed by atoms with van der Waals surface area (Å²) in [5.41, 5.74) is 2.82. The first-order chi connectivity index (χ1) is 17.3. The van der Waals surface area contributed by atoms with Crippen LogP contribution in [0.1, 0.15) is 27.2 Å². The average Bonchev–Trinajstić information content (AvgIpc) is 3.14. The topological polar surface area (TPSA) is 116 Å². The summed E-state index contributed by atoms with van der Waals surface area (Å²) in [5.74, 6) is 0.267. The Kier molecular flexibility index (Phi) is 7.05. The number of nitrogens with one attached hydrogen (secondary N) is 2. The zero-order chi connectivity index (χ0) is 25.8. The Hall–Kier alpha value is -4.60. The molecule has 10 nitrogen and oxygen atoms in total. The highest BCUT2D eigenvalue weighted by Crippen LogP contribution is 2.29. The van der Waals surface area contributed by atoms with Crippen molar-refractivity contribution in [3.63, 3.8) is 0 Å². The van der Waals surface area contributed by atoms with Crippen molar-refractivity contribution in [2.75, 3.05) is 19.5 Å². The normalized spacial score (nSPS) is 10.8. The molecule has 0 aliphatic rings. The van der Waals surface area contributed by atoms with Gasteiger partial charge in [-0.25, -0.2) is 4.68 Å². The molecule has 10 heteroatoms. The quantitative estimate of drug-likeness (QED) is 0.393. The lowest BCUT2D eigenvalue weighted by molar-refractivity contribution is -0.117. The SMILES string of the molecule is COc1ccc(NC(=O)Cn2ncn3c(C)c(C(=O)NCc4ccccc4)c(C)c3c2=O)cc1OC. The first-order valence-corrected chi connectivity index (χ1v) is 11.2. The first kappa shape index (κ1) is 24.5. The smallest absolute Gasteiger partial charge is 0.291 e. The van der Waals surface area contributed by atoms with Gasteiger partial charge in [-0.1, -0.05) is 30.3 Å². The minimum atomic E-state index is -0.470. The summed E-state index contributed by atoms with van der Waals surface area (Å²) in [7, 11) is 3.02. The highest BCUT2D eigenvalue weighted by molar-refractivity contribution is 5.99. The Morgan fingerprint density at radius 3 is 2.42 bits per heavy atom. The summed E-state index contributed by atoms with van der Waals surface area (Å²) < 4.78 is 13.1. The Morgan fingerprint density at radius 1 is 1.00 bits per heavy atom. The fraction of sp³-hybridized carbons (Fsp3) is 0.231. The van der Waals surface area contributed by atoms with Crippen LogP contribution in [0, 0.1) is 13.8 Å². The molecule has 186 valence electrons. The summed E-state index contributed by atoms with van der Waals surface area (Å²) in [6.45, 7) is 3.54. The third-order valence-corrected chi connectivity index (χ3v) is 5.92. The van der Waals surface area contributed by atoms with Gasteiger partial charge in [-0.2, -0.15) is 5.10 Å². The van der Waals surface area contributed by atoms with Crippen LogP contribution in [-0.4, -0.2) is 40.2 Å². The monoisotopic (exact) mass is 489 g/mol. The number of anilines is 1. The van der Waals surface area contributed by atoms with E-state index in [1.165, 1.54) is 20.5 Å². The van der Waals surface area contributed by atoms with E-state index in [1.807, 2.05) is 30.3 Å². The number of carbonyl (C=O) groups is 2. The Labute approximate surface area is 207 Å². The maximum atomic E-state index is 13.2. The second kappa shape index (κ2) is 10.3. The van der Waals surface area contributed by atoms with Gasteiger partial charge in [0.05, 0.1) is 19.8 Å². The van der Waals surface area contributed by atoms with E-state index in [-0.39, 0.29) is 12.5 Å². The number of amides is 2. The molecular formula is C26H27N5O5. The molecule has 0 unspecified atom stereocenters. The molecule has 2 aromatic carbocycles. The standard InChI is InChI=1S/C26H27N5O5/c1-16-23(25(33)27-13-18-8-6-5-7-9-18)17(2)30-15-28-31(26(34)24(16)30)14-22(32)29-19-10-11-20(35-3)21(12-19)36-4/h5-12,15H,13-14H2,1-4H3,(H,27,33)(H,29,32). The maximum Gasteiger partial charge on any atom is 0.291 e. The summed E-state index contributed by atoms with van der Waals surface area (Å²) >= 11 is 0. The molecule has 36 heavy (non-hydrogen) atoms. The van der Waals surface area contributed by atoms with Crippen molar-refractivity contribution in [1.82, 2.24) is 19.5 Å². The highest BCUT2D eigenvalue weighted by atomic mass is 16.5. The van der Waals surface area contributed by atoms with Crippen LogP contribution in [-0.2, 0) is 17.9 Å². The van der Waals surface area contributed by atoms with Crippen LogP contribution in [0.2, 0.25) is 0 Å². The van der Waals surface area contributed by atoms with Gasteiger partial charge in [0.25, 0.3) is 11.5 Å². The largest absolute Gasteiger partial charge is 0.493 e. The molecule has 0 radical (unpaired) electrons. The number of nitrogens with zero attached hydrogens (tertiary/aromatic N) is 3. The molecule has 0 saturated heterocycles. The molecule has 2 aromatic heterocycles. The summed E-state index contributed by atoms with van der Waals surface area (Å²) in [4.78, 5) is 38.8. The van der Waals surface area contributed by atoms with Crippen molar-refractivity contribution in [2.24, 2.45) is 0 Å². The zero-order valence-corrected chi connectivity index (χ0v) is 20.5. The fourth-order valence-electron chi connectivity index (χ4n) is 4.12. The van der Waals surface area contributed by atoms with Crippen molar-refractivity contribution >= 4 is 23.0 Å². The average molecular weight is 490 g/mol. The van der Waals surface area contributed by atoms with Crippen molar-refractivity contribution in [3.8, 4) is 11.5 Å². The maximum absolute atomic E-state index is 13.2. The van der Waals surface area contributed by atoms with Crippen LogP contribution in [0.3, 0.4) is 0 Å². The number of carbonyl (C=O) groups excluding carboxylic acids is 2. The molecule has 2 heterocycles. The number of benzene rings is 2. The van der Waals surface area contributed by atoms with E-state index >= 15 is 0 Å². The molecule has 0 atom stereocenters. The molecule has 0 spiro atoms. The van der Waals surface area contributed by atoms with Crippen LogP contribution >= 0.6 is 0 Å². The number of hydrogen-bond donors (Lipinski definition) is 2. The van der Waals surface area contributed by atoms with Gasteiger partial charge in [0, 0.05) is 24.0 Å². The molecular weight excluding hydrogens is 462 g/mol. The van der Waals surface area contributed by atoms with Gasteiger partial charge in [-0.05, 0) is 37.1 Å². The number of fused-ring (bicyclic) bond motifs is 1. The molecule has 2 N–H and O–H groups in total. The zero-order valence-electron chi connectivity index (χ0n) is 20.5. The number of hydrogen-bond acceptors (Lipinski definition) is 6. The van der Waals surface area contributed by atoms with Crippen molar-refractivity contribution in [1.29, 1.82) is 0 Å². The number of aromatic nitrogens is 3. The Bertz CT molecular complexity index is 1490. The van der Waals surface area contributed by atoms with Gasteiger partial charge in [-0.15, -0.1) is 0 Å². The van der Waals surface area contributed by atoms with Crippen molar-refractivity contribution in [2.45, 2.75) is 26.9 Å². The number of methoxy groups -OCH3 is 2. The summed E-state index contributed by atoms with van der Waals surface area (Å²) in [6.07, 6.45) is 1.44. The van der Waals surface area contributed by atoms with Gasteiger partial charge in [-0.3, -0.25) is 18.8 Å². The van der Waals surface area contributed by atoms with E-state index in [1.54, 1.807) is 36.4 Å². The Balaban J connectivity index is 1.55. The van der Waals surface area contributed by atoms with E-state index in [4.69, 9.17) is 9.47 Å². The summed E-state index contributed by atoms with van der Waals surface area (Å²) in [6, 6.07) is 14.5. The van der Waals surface area contributed by atoms with Crippen molar-refractivity contribution < 1.29 is 19.1 Å². The molecule has 2 amide bonds. The van der Waals surface area contributed by atoms with Gasteiger partial charge in [0.15, 0.2) is 11.5 Å². The van der Waals surface area contributed by atoms with Crippen LogP contribution in [0.25, 0.3) is 5.52 Å². The fourth-order valence-corrected chi connectivity index (χ4v) is 4.12. The molecule has 0 fully saturated rings. The number of rotatable bonds is 8. The van der Waals surface area contributed by atoms with Crippen LogP contribution in [0.5, 0.6) is 11.5 Å². The third-order valence-electron chi connectivity index (χ3n) is 5.92. The first-order valence-electron chi connectivity index (χ1n) is 11.2. The second-order valence-electron chi connectivity index (χ2n) is 8.18. The molecule has 4 rings (SSSR count). The van der Waals surface area contributed by atoms with Gasteiger partial charge < -0.3 is 20.1 Å². The molecule has 4 aromatic rings. The van der Waals surface area contributed by atoms with E-state index < -0.39 is 11.5 Å². The van der Waals surface area contributed by atoms with E-state index in [0.717, 1.165) is 10.2 Å².